The summed E-state index contributed by atoms with van der Waals surface area (Å²) in [6.45, 7) is 7.28. The maximum atomic E-state index is 12.5. The number of amides is 1. The number of nitrogens with zero attached hydrogens (tertiary/aromatic N) is 4. The molecule has 0 atom stereocenters. The molecule has 2 aromatic heterocycles. The molecule has 29 heavy (non-hydrogen) atoms. The molecule has 0 aromatic carbocycles. The number of fused-ring (bicyclic) bond motifs is 1. The molecule has 2 aliphatic rings. The maximum absolute atomic E-state index is 12.5. The maximum Gasteiger partial charge on any atom is 0.226 e. The number of thiophene rings is 1. The van der Waals surface area contributed by atoms with E-state index in [0.29, 0.717) is 12.0 Å². The van der Waals surface area contributed by atoms with Crippen LogP contribution in [0.2, 0.25) is 0 Å². The number of nitrogens with one attached hydrogen (secondary N) is 1. The highest BCUT2D eigenvalue weighted by molar-refractivity contribution is 7.16. The number of carbonyl (C=O) groups is 1. The molecule has 0 spiro atoms. The Balaban J connectivity index is 1.23. The topological polar surface area (TPSA) is 85.4 Å². The zero-order chi connectivity index (χ0) is 20.2. The molecule has 1 aliphatic heterocycles. The van der Waals surface area contributed by atoms with Crippen molar-refractivity contribution in [1.29, 1.82) is 5.26 Å². The first-order valence-corrected chi connectivity index (χ1v) is 11.2. The second-order valence-corrected chi connectivity index (χ2v) is 8.98. The molecule has 1 saturated heterocycles. The van der Waals surface area contributed by atoms with Crippen LogP contribution >= 0.6 is 11.3 Å². The van der Waals surface area contributed by atoms with E-state index in [9.17, 15) is 10.1 Å². The van der Waals surface area contributed by atoms with Crippen molar-refractivity contribution in [2.45, 2.75) is 45.6 Å². The Morgan fingerprint density at radius 3 is 2.76 bits per heavy atom. The van der Waals surface area contributed by atoms with Crippen LogP contribution < -0.4 is 5.32 Å². The molecule has 154 valence electrons. The molecule has 3 heterocycles. The standard InChI is InChI=1S/C21H27N5O2S/c1-15-12-16(24-28-15)14-26-10-8-25(9-11-26)7-6-20(27)23-21-18(13-22)17-4-2-3-5-19(17)29-21/h12H,2-11,14H2,1H3,(H,23,27). The largest absolute Gasteiger partial charge is 0.361 e. The summed E-state index contributed by atoms with van der Waals surface area (Å²) in [5.41, 5.74) is 2.83. The van der Waals surface area contributed by atoms with Crippen molar-refractivity contribution in [3.05, 3.63) is 33.5 Å². The summed E-state index contributed by atoms with van der Waals surface area (Å²) in [4.78, 5) is 18.4. The minimum atomic E-state index is 0.000555. The van der Waals surface area contributed by atoms with Crippen LogP contribution in [-0.4, -0.2) is 53.6 Å². The van der Waals surface area contributed by atoms with Gasteiger partial charge in [0.1, 0.15) is 16.8 Å². The fourth-order valence-electron chi connectivity index (χ4n) is 4.11. The summed E-state index contributed by atoms with van der Waals surface area (Å²) >= 11 is 1.59. The molecule has 0 saturated carbocycles. The van der Waals surface area contributed by atoms with Gasteiger partial charge in [-0.05, 0) is 38.2 Å². The van der Waals surface area contributed by atoms with Gasteiger partial charge in [-0.1, -0.05) is 5.16 Å². The molecule has 1 aliphatic carbocycles. The number of hydrogen-bond donors (Lipinski definition) is 1. The fraction of sp³-hybridized carbons (Fsp3) is 0.571. The molecule has 4 rings (SSSR count). The van der Waals surface area contributed by atoms with Crippen LogP contribution in [0.15, 0.2) is 10.6 Å². The Hall–Kier alpha value is -2.21. The van der Waals surface area contributed by atoms with Gasteiger partial charge < -0.3 is 14.7 Å². The smallest absolute Gasteiger partial charge is 0.226 e. The van der Waals surface area contributed by atoms with Gasteiger partial charge in [-0.15, -0.1) is 11.3 Å². The first kappa shape index (κ1) is 20.1. The van der Waals surface area contributed by atoms with E-state index in [-0.39, 0.29) is 5.91 Å². The van der Waals surface area contributed by atoms with E-state index in [1.165, 1.54) is 11.3 Å². The number of carbonyl (C=O) groups excluding carboxylic acids is 1. The Morgan fingerprint density at radius 1 is 1.28 bits per heavy atom. The first-order chi connectivity index (χ1) is 14.1. The van der Waals surface area contributed by atoms with E-state index in [1.54, 1.807) is 11.3 Å². The van der Waals surface area contributed by atoms with Gasteiger partial charge in [-0.25, -0.2) is 0 Å². The van der Waals surface area contributed by atoms with Crippen LogP contribution in [0.3, 0.4) is 0 Å². The molecule has 8 heteroatoms. The number of anilines is 1. The highest BCUT2D eigenvalue weighted by Gasteiger charge is 2.22. The van der Waals surface area contributed by atoms with Gasteiger partial charge in [-0.2, -0.15) is 5.26 Å². The number of rotatable bonds is 6. The normalized spacial score (nSPS) is 17.7. The molecule has 0 radical (unpaired) electrons. The molecule has 2 aromatic rings. The third-order valence-electron chi connectivity index (χ3n) is 5.72. The highest BCUT2D eigenvalue weighted by atomic mass is 32.1. The Labute approximate surface area is 175 Å². The second kappa shape index (κ2) is 9.08. The number of nitriles is 1. The van der Waals surface area contributed by atoms with Gasteiger partial charge in [0.05, 0.1) is 11.3 Å². The molecule has 1 N–H and O–H groups in total. The minimum absolute atomic E-state index is 0.000555. The number of hydrogen-bond acceptors (Lipinski definition) is 7. The van der Waals surface area contributed by atoms with Gasteiger partial charge in [-0.3, -0.25) is 9.69 Å². The van der Waals surface area contributed by atoms with Crippen LogP contribution in [0.1, 0.15) is 46.7 Å². The van der Waals surface area contributed by atoms with Crippen molar-refractivity contribution in [3.63, 3.8) is 0 Å². The SMILES string of the molecule is Cc1cc(CN2CCN(CCC(=O)Nc3sc4c(c3C#N)CCCC4)CC2)no1. The minimum Gasteiger partial charge on any atom is -0.361 e. The van der Waals surface area contributed by atoms with Gasteiger partial charge in [0.15, 0.2) is 0 Å². The zero-order valence-electron chi connectivity index (χ0n) is 16.9. The third kappa shape index (κ3) is 4.86. The van der Waals surface area contributed by atoms with E-state index in [1.807, 2.05) is 13.0 Å². The monoisotopic (exact) mass is 413 g/mol. The average molecular weight is 414 g/mol. The van der Waals surface area contributed by atoms with Gasteiger partial charge >= 0.3 is 0 Å². The third-order valence-corrected chi connectivity index (χ3v) is 6.93. The van der Waals surface area contributed by atoms with Crippen LogP contribution in [0.4, 0.5) is 5.00 Å². The lowest BCUT2D eigenvalue weighted by molar-refractivity contribution is -0.116. The van der Waals surface area contributed by atoms with E-state index in [0.717, 1.165) is 80.5 Å². The van der Waals surface area contributed by atoms with Crippen LogP contribution in [0, 0.1) is 18.3 Å². The Bertz CT molecular complexity index is 905. The van der Waals surface area contributed by atoms with Crippen molar-refractivity contribution >= 4 is 22.2 Å². The molecular weight excluding hydrogens is 386 g/mol. The fourth-order valence-corrected chi connectivity index (χ4v) is 5.37. The van der Waals surface area contributed by atoms with Gasteiger partial charge in [0, 0.05) is 56.6 Å². The average Bonchev–Trinajstić information content (AvgIpc) is 3.29. The van der Waals surface area contributed by atoms with Crippen molar-refractivity contribution in [2.24, 2.45) is 0 Å². The zero-order valence-corrected chi connectivity index (χ0v) is 17.7. The second-order valence-electron chi connectivity index (χ2n) is 7.87. The van der Waals surface area contributed by atoms with Crippen LogP contribution in [0.5, 0.6) is 0 Å². The van der Waals surface area contributed by atoms with E-state index in [2.05, 4.69) is 26.3 Å². The Kier molecular flexibility index (Phi) is 6.28. The molecule has 1 fully saturated rings. The number of aromatic nitrogens is 1. The summed E-state index contributed by atoms with van der Waals surface area (Å²) in [6, 6.07) is 4.29. The molecule has 0 unspecified atom stereocenters. The van der Waals surface area contributed by atoms with Crippen LogP contribution in [-0.2, 0) is 24.2 Å². The summed E-state index contributed by atoms with van der Waals surface area (Å²) in [5.74, 6) is 0.844. The van der Waals surface area contributed by atoms with Crippen molar-refractivity contribution in [2.75, 3.05) is 38.0 Å². The van der Waals surface area contributed by atoms with E-state index in [4.69, 9.17) is 4.52 Å². The molecular formula is C21H27N5O2S. The molecule has 7 nitrogen and oxygen atoms in total. The number of aryl methyl sites for hydroxylation is 2. The Morgan fingerprint density at radius 2 is 2.03 bits per heavy atom. The first-order valence-electron chi connectivity index (χ1n) is 10.3. The molecule has 1 amide bonds. The van der Waals surface area contributed by atoms with E-state index < -0.39 is 0 Å². The van der Waals surface area contributed by atoms with E-state index >= 15 is 0 Å². The predicted molar refractivity (Wildman–Crippen MR) is 112 cm³/mol. The van der Waals surface area contributed by atoms with Crippen LogP contribution in [0.25, 0.3) is 0 Å². The lowest BCUT2D eigenvalue weighted by Crippen LogP contribution is -2.46. The van der Waals surface area contributed by atoms with Crippen molar-refractivity contribution in [1.82, 2.24) is 15.0 Å². The quantitative estimate of drug-likeness (QED) is 0.784. The predicted octanol–water partition coefficient (Wildman–Crippen LogP) is 2.94. The lowest BCUT2D eigenvalue weighted by atomic mass is 9.96. The highest BCUT2D eigenvalue weighted by Crippen LogP contribution is 2.37. The molecule has 0 bridgehead atoms. The van der Waals surface area contributed by atoms with Crippen molar-refractivity contribution in [3.8, 4) is 6.07 Å². The van der Waals surface area contributed by atoms with Gasteiger partial charge in [0.25, 0.3) is 0 Å². The number of piperazine rings is 1. The summed E-state index contributed by atoms with van der Waals surface area (Å²) in [5, 5.41) is 17.3. The summed E-state index contributed by atoms with van der Waals surface area (Å²) < 4.78 is 5.13. The summed E-state index contributed by atoms with van der Waals surface area (Å²) in [6.07, 6.45) is 4.75. The lowest BCUT2D eigenvalue weighted by Gasteiger charge is -2.34. The van der Waals surface area contributed by atoms with Gasteiger partial charge in [0.2, 0.25) is 5.91 Å². The van der Waals surface area contributed by atoms with Crippen molar-refractivity contribution < 1.29 is 9.32 Å². The summed E-state index contributed by atoms with van der Waals surface area (Å²) in [7, 11) is 0.